The number of hydrogen-bond acceptors (Lipinski definition) is 17. The normalized spacial score (nSPS) is 10.3. The van der Waals surface area contributed by atoms with Crippen molar-refractivity contribution in [2.24, 2.45) is 11.5 Å². The molecule has 0 aliphatic heterocycles. The summed E-state index contributed by atoms with van der Waals surface area (Å²) in [6.07, 6.45) is 7.23. The number of nitrogens with two attached hydrogens (primary N) is 2. The van der Waals surface area contributed by atoms with Crippen LogP contribution in [0, 0.1) is 34.0 Å². The van der Waals surface area contributed by atoms with Crippen molar-refractivity contribution in [1.29, 1.82) is 15.8 Å². The SMILES string of the molecule is CCS(=O)(=O)c1ccc(C#N)nc1.CCS(=O)(=O)c1ccc(CN)nc1.CCS(=O)(=O)c1ccc(CN)nc1.CCSc1ccc(C#N)nc1.Cl.N#Cc1ccc(Br)cn1. The number of sulfone groups is 3. The Kier molecular flexibility index (Phi) is 26.2. The standard InChI is InChI=1S/2C8H12N2O2S.C8H8N2O2S.C8H8N2S.C6H3BrN2.ClH/c3*1-2-13(11,12)8-4-3-7(5-9)10-6-8;1-2-11-8-4-3-7(5-9)10-6-8;7-5-1-2-6(3-8)9-4-5;/h2*3-4,6H,2,5,9H2,1H3;3-4,6H,2H2,1H3;3-4,6H,2H2,1H3;1-2,4H;1H. The van der Waals surface area contributed by atoms with E-state index in [0.29, 0.717) is 35.9 Å². The number of halogens is 2. The lowest BCUT2D eigenvalue weighted by molar-refractivity contribution is 0.595. The molecule has 0 bridgehead atoms. The van der Waals surface area contributed by atoms with Crippen LogP contribution in [-0.2, 0) is 42.6 Å². The second-order valence-electron chi connectivity index (χ2n) is 11.0. The van der Waals surface area contributed by atoms with Gasteiger partial charge < -0.3 is 11.5 Å². The number of aromatic nitrogens is 5. The number of hydrogen-bond donors (Lipinski definition) is 2. The Balaban J connectivity index is 0.000000726. The average Bonchev–Trinajstić information content (AvgIpc) is 3.28. The molecule has 0 unspecified atom stereocenters. The van der Waals surface area contributed by atoms with Crippen molar-refractivity contribution < 1.29 is 25.3 Å². The smallest absolute Gasteiger partial charge is 0.179 e. The lowest BCUT2D eigenvalue weighted by Gasteiger charge is -2.00. The minimum absolute atomic E-state index is 0. The maximum atomic E-state index is 11.3. The minimum atomic E-state index is -3.20. The molecule has 5 heterocycles. The van der Waals surface area contributed by atoms with Crippen molar-refractivity contribution >= 4 is 69.6 Å². The number of nitriles is 3. The van der Waals surface area contributed by atoms with E-state index in [4.69, 9.17) is 27.3 Å². The van der Waals surface area contributed by atoms with Crippen LogP contribution in [0.1, 0.15) is 56.2 Å². The first-order valence-electron chi connectivity index (χ1n) is 17.3. The Hall–Kier alpha value is -4.89. The van der Waals surface area contributed by atoms with Gasteiger partial charge in [0.2, 0.25) is 0 Å². The fourth-order valence-corrected chi connectivity index (χ4v) is 7.03. The summed E-state index contributed by atoms with van der Waals surface area (Å²) in [5.74, 6) is 1.27. The molecule has 0 radical (unpaired) electrons. The largest absolute Gasteiger partial charge is 0.325 e. The van der Waals surface area contributed by atoms with E-state index in [1.165, 1.54) is 42.9 Å². The van der Waals surface area contributed by atoms with Gasteiger partial charge in [-0.2, -0.15) is 15.8 Å². The molecule has 0 fully saturated rings. The molecular formula is C38H44BrClN10O6S4. The van der Waals surface area contributed by atoms with Crippen molar-refractivity contribution in [3.05, 3.63) is 125 Å². The molecule has 22 heteroatoms. The lowest BCUT2D eigenvalue weighted by atomic mass is 10.4. The highest BCUT2D eigenvalue weighted by Gasteiger charge is 2.13. The molecule has 0 amide bonds. The molecule has 4 N–H and O–H groups in total. The van der Waals surface area contributed by atoms with Crippen LogP contribution in [0.5, 0.6) is 0 Å². The molecule has 0 atom stereocenters. The maximum Gasteiger partial charge on any atom is 0.179 e. The van der Waals surface area contributed by atoms with Crippen molar-refractivity contribution in [2.45, 2.75) is 60.4 Å². The summed E-state index contributed by atoms with van der Waals surface area (Å²) < 4.78 is 68.8. The van der Waals surface area contributed by atoms with Gasteiger partial charge in [-0.3, -0.25) is 9.97 Å². The zero-order chi connectivity index (χ0) is 44.5. The van der Waals surface area contributed by atoms with Crippen LogP contribution in [0.3, 0.4) is 0 Å². The van der Waals surface area contributed by atoms with Crippen molar-refractivity contribution in [3.63, 3.8) is 0 Å². The van der Waals surface area contributed by atoms with Gasteiger partial charge in [0.15, 0.2) is 29.5 Å². The number of thioether (sulfide) groups is 1. The molecule has 320 valence electrons. The summed E-state index contributed by atoms with van der Waals surface area (Å²) in [7, 11) is -9.45. The van der Waals surface area contributed by atoms with Gasteiger partial charge in [-0.25, -0.2) is 40.2 Å². The Morgan fingerprint density at radius 3 is 1.13 bits per heavy atom. The number of rotatable bonds is 10. The van der Waals surface area contributed by atoms with Crippen molar-refractivity contribution in [3.8, 4) is 18.2 Å². The van der Waals surface area contributed by atoms with Gasteiger partial charge in [-0.15, -0.1) is 24.2 Å². The molecule has 0 saturated carbocycles. The van der Waals surface area contributed by atoms with E-state index in [2.05, 4.69) is 47.8 Å². The first kappa shape index (κ1) is 55.1. The topological polar surface area (TPSA) is 290 Å². The highest BCUT2D eigenvalue weighted by molar-refractivity contribution is 9.10. The predicted molar refractivity (Wildman–Crippen MR) is 236 cm³/mol. The van der Waals surface area contributed by atoms with E-state index in [9.17, 15) is 25.3 Å². The quantitative estimate of drug-likeness (QED) is 0.161. The van der Waals surface area contributed by atoms with Gasteiger partial charge in [-0.1, -0.05) is 27.7 Å². The summed E-state index contributed by atoms with van der Waals surface area (Å²) in [6.45, 7) is 7.51. The first-order chi connectivity index (χ1) is 28.0. The van der Waals surface area contributed by atoms with Crippen molar-refractivity contribution in [2.75, 3.05) is 23.0 Å². The molecule has 0 saturated heterocycles. The molecule has 5 aromatic heterocycles. The Morgan fingerprint density at radius 2 is 0.883 bits per heavy atom. The van der Waals surface area contributed by atoms with Gasteiger partial charge >= 0.3 is 0 Å². The zero-order valence-corrected chi connectivity index (χ0v) is 38.7. The van der Waals surface area contributed by atoms with Crippen LogP contribution in [0.4, 0.5) is 0 Å². The fourth-order valence-electron chi connectivity index (χ4n) is 3.70. The molecule has 5 aromatic rings. The summed E-state index contributed by atoms with van der Waals surface area (Å²) in [5, 5.41) is 25.2. The van der Waals surface area contributed by atoms with Crippen LogP contribution in [-0.4, -0.2) is 73.2 Å². The van der Waals surface area contributed by atoms with E-state index in [-0.39, 0.29) is 50.0 Å². The maximum absolute atomic E-state index is 11.3. The van der Waals surface area contributed by atoms with Crippen LogP contribution in [0.25, 0.3) is 0 Å². The fraction of sp³-hybridized carbons (Fsp3) is 0.263. The summed E-state index contributed by atoms with van der Waals surface area (Å²) >= 11 is 4.93. The second-order valence-corrected chi connectivity index (χ2v) is 20.1. The molecule has 0 spiro atoms. The third-order valence-corrected chi connectivity index (χ3v) is 13.6. The Labute approximate surface area is 370 Å². The summed E-state index contributed by atoms with van der Waals surface area (Å²) in [6, 6.07) is 21.9. The highest BCUT2D eigenvalue weighted by Crippen LogP contribution is 2.15. The molecule has 5 rings (SSSR count). The predicted octanol–water partition coefficient (Wildman–Crippen LogP) is 5.62. The molecule has 0 aliphatic carbocycles. The van der Waals surface area contributed by atoms with Crippen molar-refractivity contribution in [1.82, 2.24) is 24.9 Å². The Bertz CT molecular complexity index is 2420. The average molecular weight is 980 g/mol. The Morgan fingerprint density at radius 1 is 0.533 bits per heavy atom. The van der Waals surface area contributed by atoms with Crippen LogP contribution < -0.4 is 11.5 Å². The zero-order valence-electron chi connectivity index (χ0n) is 33.0. The second kappa shape index (κ2) is 28.6. The van der Waals surface area contributed by atoms with Gasteiger partial charge in [-0.05, 0) is 82.3 Å². The molecule has 60 heavy (non-hydrogen) atoms. The summed E-state index contributed by atoms with van der Waals surface area (Å²) in [5.41, 5.74) is 13.2. The monoisotopic (exact) mass is 978 g/mol. The van der Waals surface area contributed by atoms with Gasteiger partial charge in [0.25, 0.3) is 0 Å². The molecule has 16 nitrogen and oxygen atoms in total. The molecular weight excluding hydrogens is 936 g/mol. The van der Waals surface area contributed by atoms with Gasteiger partial charge in [0.1, 0.15) is 35.3 Å². The van der Waals surface area contributed by atoms with Crippen LogP contribution in [0.2, 0.25) is 0 Å². The van der Waals surface area contributed by atoms with E-state index in [0.717, 1.165) is 15.1 Å². The number of nitrogens with zero attached hydrogens (tertiary/aromatic N) is 8. The van der Waals surface area contributed by atoms with Crippen LogP contribution >= 0.6 is 40.1 Å². The summed E-state index contributed by atoms with van der Waals surface area (Å²) in [4.78, 5) is 21.0. The van der Waals surface area contributed by atoms with E-state index >= 15 is 0 Å². The van der Waals surface area contributed by atoms with E-state index < -0.39 is 29.5 Å². The lowest BCUT2D eigenvalue weighted by Crippen LogP contribution is -2.06. The molecule has 0 aliphatic rings. The van der Waals surface area contributed by atoms with Gasteiger partial charge in [0.05, 0.1) is 43.3 Å². The first-order valence-corrected chi connectivity index (χ1v) is 24.1. The van der Waals surface area contributed by atoms with E-state index in [1.54, 1.807) is 75.3 Å². The third kappa shape index (κ3) is 19.9. The minimum Gasteiger partial charge on any atom is -0.325 e. The highest BCUT2D eigenvalue weighted by atomic mass is 79.9. The van der Waals surface area contributed by atoms with Crippen LogP contribution in [0.15, 0.2) is 116 Å². The number of pyridine rings is 5. The van der Waals surface area contributed by atoms with Gasteiger partial charge in [0, 0.05) is 53.4 Å². The third-order valence-electron chi connectivity index (χ3n) is 7.09. The van der Waals surface area contributed by atoms with E-state index in [1.807, 2.05) is 24.3 Å². The molecule has 0 aromatic carbocycles.